The second-order valence-corrected chi connectivity index (χ2v) is 9.95. The van der Waals surface area contributed by atoms with Crippen molar-refractivity contribution >= 4 is 34.3 Å². The summed E-state index contributed by atoms with van der Waals surface area (Å²) in [5.74, 6) is 0.481. The van der Waals surface area contributed by atoms with Crippen LogP contribution in [0.5, 0.6) is 0 Å². The van der Waals surface area contributed by atoms with Crippen molar-refractivity contribution in [2.75, 3.05) is 0 Å². The third-order valence-electron chi connectivity index (χ3n) is 5.96. The molecule has 1 amide bonds. The summed E-state index contributed by atoms with van der Waals surface area (Å²) in [6.45, 7) is 6.59. The normalized spacial score (nSPS) is 13.3. The minimum atomic E-state index is -0.360. The number of aryl methyl sites for hydroxylation is 2. The van der Waals surface area contributed by atoms with Crippen molar-refractivity contribution in [3.05, 3.63) is 70.5 Å². The molecule has 1 N–H and O–H groups in total. The lowest BCUT2D eigenvalue weighted by molar-refractivity contribution is -0.120. The first kappa shape index (κ1) is 24.0. The Morgan fingerprint density at radius 2 is 1.79 bits per heavy atom. The van der Waals surface area contributed by atoms with E-state index in [-0.39, 0.29) is 22.8 Å². The number of nitrogens with zero attached hydrogens (tertiary/aromatic N) is 4. The summed E-state index contributed by atoms with van der Waals surface area (Å²) in [5, 5.41) is 12.7. The summed E-state index contributed by atoms with van der Waals surface area (Å²) in [7, 11) is 0. The number of hydrogen-bond acceptors (Lipinski definition) is 5. The summed E-state index contributed by atoms with van der Waals surface area (Å²) in [4.78, 5) is 26.0. The molecule has 2 unspecified atom stereocenters. The summed E-state index contributed by atoms with van der Waals surface area (Å²) in [6, 6.07) is 17.8. The van der Waals surface area contributed by atoms with Gasteiger partial charge in [-0.25, -0.2) is 0 Å². The van der Waals surface area contributed by atoms with Gasteiger partial charge in [0.1, 0.15) is 0 Å². The van der Waals surface area contributed by atoms with Gasteiger partial charge in [0.25, 0.3) is 5.56 Å². The number of carbonyl (C=O) groups excluding carboxylic acids is 1. The first-order valence-corrected chi connectivity index (χ1v) is 12.7. The van der Waals surface area contributed by atoms with Crippen LogP contribution in [0.15, 0.2) is 64.5 Å². The van der Waals surface area contributed by atoms with Crippen molar-refractivity contribution in [1.82, 2.24) is 24.5 Å². The molecule has 8 heteroatoms. The minimum absolute atomic E-state index is 0.0362. The third-order valence-corrected chi connectivity index (χ3v) is 7.01. The van der Waals surface area contributed by atoms with E-state index in [1.807, 2.05) is 60.7 Å². The van der Waals surface area contributed by atoms with Gasteiger partial charge >= 0.3 is 0 Å². The van der Waals surface area contributed by atoms with Crippen molar-refractivity contribution in [1.29, 1.82) is 0 Å². The zero-order valence-electron chi connectivity index (χ0n) is 19.9. The van der Waals surface area contributed by atoms with Gasteiger partial charge in [-0.1, -0.05) is 67.6 Å². The second-order valence-electron chi connectivity index (χ2n) is 8.64. The molecule has 4 aromatic rings. The lowest BCUT2D eigenvalue weighted by atomic mass is 10.1. The molecule has 4 rings (SSSR count). The molecule has 7 nitrogen and oxygen atoms in total. The average Bonchev–Trinajstić information content (AvgIpc) is 3.26. The van der Waals surface area contributed by atoms with Crippen molar-refractivity contribution in [2.24, 2.45) is 0 Å². The molecule has 0 aliphatic rings. The predicted octanol–water partition coefficient (Wildman–Crippen LogP) is 4.46. The molecular weight excluding hydrogens is 446 g/mol. The van der Waals surface area contributed by atoms with Crippen molar-refractivity contribution in [3.63, 3.8) is 0 Å². The number of amides is 1. The standard InChI is InChI=1S/C26H31N5O2S/c1-4-5-17-30-24(33)21-13-9-10-14-22(21)31-25(30)28-29-26(31)34-19(3)23(32)27-18(2)15-16-20-11-7-6-8-12-20/h6-14,18-19H,4-5,15-17H2,1-3H3,(H,27,32). The lowest BCUT2D eigenvalue weighted by Crippen LogP contribution is -2.38. The number of hydrogen-bond donors (Lipinski definition) is 1. The molecule has 0 radical (unpaired) electrons. The highest BCUT2D eigenvalue weighted by Crippen LogP contribution is 2.25. The molecule has 2 aromatic carbocycles. The number of unbranched alkanes of at least 4 members (excludes halogenated alkanes) is 1. The van der Waals surface area contributed by atoms with Crippen LogP contribution in [0.1, 0.15) is 45.6 Å². The Labute approximate surface area is 203 Å². The van der Waals surface area contributed by atoms with Gasteiger partial charge in [0.2, 0.25) is 11.7 Å². The van der Waals surface area contributed by atoms with Gasteiger partial charge in [-0.2, -0.15) is 0 Å². The number of para-hydroxylation sites is 1. The van der Waals surface area contributed by atoms with E-state index in [2.05, 4.69) is 34.6 Å². The minimum Gasteiger partial charge on any atom is -0.353 e. The first-order valence-electron chi connectivity index (χ1n) is 11.9. The molecule has 2 aromatic heterocycles. The van der Waals surface area contributed by atoms with E-state index in [1.165, 1.54) is 17.3 Å². The van der Waals surface area contributed by atoms with Crippen LogP contribution in [0.2, 0.25) is 0 Å². The van der Waals surface area contributed by atoms with Crippen molar-refractivity contribution < 1.29 is 4.79 Å². The van der Waals surface area contributed by atoms with Gasteiger partial charge in [-0.15, -0.1) is 10.2 Å². The van der Waals surface area contributed by atoms with E-state index in [0.29, 0.717) is 22.9 Å². The Morgan fingerprint density at radius 1 is 1.06 bits per heavy atom. The van der Waals surface area contributed by atoms with E-state index in [1.54, 1.807) is 4.57 Å². The van der Waals surface area contributed by atoms with Crippen LogP contribution >= 0.6 is 11.8 Å². The Hall–Kier alpha value is -3.13. The van der Waals surface area contributed by atoms with Crippen LogP contribution in [0, 0.1) is 0 Å². The van der Waals surface area contributed by atoms with E-state index >= 15 is 0 Å². The maximum atomic E-state index is 13.1. The molecule has 2 atom stereocenters. The molecule has 0 aliphatic heterocycles. The number of thioether (sulfide) groups is 1. The number of rotatable bonds is 10. The molecule has 0 bridgehead atoms. The topological polar surface area (TPSA) is 81.3 Å². The molecule has 0 saturated heterocycles. The molecule has 2 heterocycles. The highest BCUT2D eigenvalue weighted by molar-refractivity contribution is 8.00. The number of fused-ring (bicyclic) bond motifs is 3. The zero-order chi connectivity index (χ0) is 24.1. The van der Waals surface area contributed by atoms with Crippen LogP contribution in [-0.4, -0.2) is 36.4 Å². The van der Waals surface area contributed by atoms with Gasteiger partial charge in [0, 0.05) is 12.6 Å². The molecule has 0 fully saturated rings. The Balaban J connectivity index is 1.53. The summed E-state index contributed by atoms with van der Waals surface area (Å²) in [5.41, 5.74) is 1.96. The highest BCUT2D eigenvalue weighted by atomic mass is 32.2. The van der Waals surface area contributed by atoms with E-state index in [4.69, 9.17) is 0 Å². The SMILES string of the molecule is CCCCn1c(=O)c2ccccc2n2c(SC(C)C(=O)NC(C)CCc3ccccc3)nnc12. The van der Waals surface area contributed by atoms with Crippen LogP contribution in [0.25, 0.3) is 16.7 Å². The van der Waals surface area contributed by atoms with Crippen LogP contribution in [0.3, 0.4) is 0 Å². The Bertz CT molecular complexity index is 1330. The fourth-order valence-corrected chi connectivity index (χ4v) is 4.86. The maximum Gasteiger partial charge on any atom is 0.262 e. The maximum absolute atomic E-state index is 13.1. The number of nitrogens with one attached hydrogen (secondary N) is 1. The molecule has 34 heavy (non-hydrogen) atoms. The third kappa shape index (κ3) is 5.17. The van der Waals surface area contributed by atoms with Crippen LogP contribution < -0.4 is 10.9 Å². The number of benzene rings is 2. The summed E-state index contributed by atoms with van der Waals surface area (Å²) in [6.07, 6.45) is 3.64. The highest BCUT2D eigenvalue weighted by Gasteiger charge is 2.22. The second kappa shape index (κ2) is 10.9. The van der Waals surface area contributed by atoms with E-state index in [0.717, 1.165) is 31.2 Å². The van der Waals surface area contributed by atoms with E-state index in [9.17, 15) is 9.59 Å². The predicted molar refractivity (Wildman–Crippen MR) is 137 cm³/mol. The molecule has 0 spiro atoms. The molecular formula is C26H31N5O2S. The molecule has 0 saturated carbocycles. The van der Waals surface area contributed by atoms with Gasteiger partial charge in [-0.3, -0.25) is 18.6 Å². The van der Waals surface area contributed by atoms with Crippen LogP contribution in [-0.2, 0) is 17.8 Å². The quantitative estimate of drug-likeness (QED) is 0.341. The average molecular weight is 478 g/mol. The smallest absolute Gasteiger partial charge is 0.262 e. The zero-order valence-corrected chi connectivity index (χ0v) is 20.7. The Morgan fingerprint density at radius 3 is 2.56 bits per heavy atom. The monoisotopic (exact) mass is 477 g/mol. The van der Waals surface area contributed by atoms with Crippen molar-refractivity contribution in [2.45, 2.75) is 69.4 Å². The summed E-state index contributed by atoms with van der Waals surface area (Å²) < 4.78 is 3.60. The van der Waals surface area contributed by atoms with E-state index < -0.39 is 0 Å². The first-order chi connectivity index (χ1) is 16.5. The number of aromatic nitrogens is 4. The van der Waals surface area contributed by atoms with Gasteiger partial charge in [0.05, 0.1) is 16.2 Å². The summed E-state index contributed by atoms with van der Waals surface area (Å²) >= 11 is 1.36. The fourth-order valence-electron chi connectivity index (χ4n) is 4.00. The van der Waals surface area contributed by atoms with Gasteiger partial charge in [0.15, 0.2) is 5.16 Å². The number of carbonyl (C=O) groups is 1. The van der Waals surface area contributed by atoms with Crippen molar-refractivity contribution in [3.8, 4) is 0 Å². The molecule has 178 valence electrons. The lowest BCUT2D eigenvalue weighted by Gasteiger charge is -2.17. The fraction of sp³-hybridized carbons (Fsp3) is 0.385. The molecule has 0 aliphatic carbocycles. The van der Waals surface area contributed by atoms with Gasteiger partial charge < -0.3 is 5.32 Å². The van der Waals surface area contributed by atoms with Crippen LogP contribution in [0.4, 0.5) is 0 Å². The van der Waals surface area contributed by atoms with Gasteiger partial charge in [-0.05, 0) is 50.8 Å². The largest absolute Gasteiger partial charge is 0.353 e. The Kier molecular flexibility index (Phi) is 7.67.